The van der Waals surface area contributed by atoms with Crippen LogP contribution in [0.5, 0.6) is 0 Å². The first-order valence-electron chi connectivity index (χ1n) is 21.0. The molecule has 0 fully saturated rings. The molecule has 2 aliphatic heterocycles. The van der Waals surface area contributed by atoms with E-state index in [1.807, 2.05) is 67.6 Å². The Morgan fingerprint density at radius 2 is 0.694 bits per heavy atom. The lowest BCUT2D eigenvalue weighted by Crippen LogP contribution is -2.46. The van der Waals surface area contributed by atoms with Gasteiger partial charge in [0, 0.05) is 64.7 Å². The molecule has 0 N–H and O–H groups in total. The van der Waals surface area contributed by atoms with Crippen LogP contribution in [-0.4, -0.2) is 9.13 Å². The maximum absolute atomic E-state index is 16.9. The van der Waals surface area contributed by atoms with Crippen LogP contribution in [0.4, 0.5) is 17.1 Å². The number of hydrogen-bond acceptors (Lipinski definition) is 3. The summed E-state index contributed by atoms with van der Waals surface area (Å²) in [6.45, 7) is 2.04. The van der Waals surface area contributed by atoms with Crippen LogP contribution in [0.3, 0.4) is 0 Å². The minimum atomic E-state index is -3.61. The zero-order valence-electron chi connectivity index (χ0n) is 33.7. The molecule has 2 aliphatic rings. The first-order chi connectivity index (χ1) is 30.4. The first-order valence-corrected chi connectivity index (χ1v) is 24.4. The van der Waals surface area contributed by atoms with Crippen LogP contribution in [-0.2, 0) is 9.13 Å². The topological polar surface area (TPSA) is 47.2 Å². The fraction of sp³-hybridized carbons (Fsp3) is 0.0182. The van der Waals surface area contributed by atoms with Crippen molar-refractivity contribution in [3.63, 3.8) is 0 Å². The van der Waals surface area contributed by atoms with Gasteiger partial charge in [0.25, 0.3) is 0 Å². The number of nitrogens with zero attached hydrogens (tertiary/aromatic N) is 3. The molecule has 11 aromatic rings. The van der Waals surface area contributed by atoms with Gasteiger partial charge in [-0.25, -0.2) is 0 Å². The molecule has 0 saturated heterocycles. The van der Waals surface area contributed by atoms with Crippen LogP contribution in [0.15, 0.2) is 206 Å². The fourth-order valence-electron chi connectivity index (χ4n) is 10.5. The molecule has 4 heterocycles. The highest BCUT2D eigenvalue weighted by Gasteiger charge is 2.50. The Bertz CT molecular complexity index is 3440. The molecule has 7 heteroatoms. The summed E-state index contributed by atoms with van der Waals surface area (Å²) in [6, 6.07) is 70.9. The van der Waals surface area contributed by atoms with Gasteiger partial charge in [-0.2, -0.15) is 0 Å². The maximum Gasteiger partial charge on any atom is 0.175 e. The Kier molecular flexibility index (Phi) is 7.42. The summed E-state index contributed by atoms with van der Waals surface area (Å²) in [5, 5.41) is 9.07. The number of aromatic nitrogens is 2. The summed E-state index contributed by atoms with van der Waals surface area (Å²) >= 11 is 0. The second-order valence-electron chi connectivity index (χ2n) is 16.5. The quantitative estimate of drug-likeness (QED) is 0.166. The molecule has 0 aliphatic carbocycles. The van der Waals surface area contributed by atoms with E-state index in [0.29, 0.717) is 10.6 Å². The molecular formula is C55H37N3O2P2. The minimum Gasteiger partial charge on any atom is -0.309 e. The van der Waals surface area contributed by atoms with Crippen molar-refractivity contribution in [3.8, 4) is 11.4 Å². The summed E-state index contributed by atoms with van der Waals surface area (Å²) in [7, 11) is -7.22. The highest BCUT2D eigenvalue weighted by Crippen LogP contribution is 2.61. The Morgan fingerprint density at radius 1 is 0.355 bits per heavy atom. The van der Waals surface area contributed by atoms with Gasteiger partial charge in [0.15, 0.2) is 14.3 Å². The second-order valence-corrected chi connectivity index (χ2v) is 21.9. The molecule has 294 valence electrons. The van der Waals surface area contributed by atoms with Crippen LogP contribution < -0.4 is 36.7 Å². The van der Waals surface area contributed by atoms with E-state index in [-0.39, 0.29) is 0 Å². The van der Waals surface area contributed by atoms with Crippen LogP contribution in [0, 0.1) is 6.92 Å². The van der Waals surface area contributed by atoms with Crippen LogP contribution in [0.1, 0.15) is 5.56 Å². The molecular weight excluding hydrogens is 797 g/mol. The molecule has 0 amide bonds. The Balaban J connectivity index is 1.15. The maximum atomic E-state index is 16.9. The average Bonchev–Trinajstić information content (AvgIpc) is 3.85. The normalized spacial score (nSPS) is 17.7. The Morgan fingerprint density at radius 3 is 1.06 bits per heavy atom. The third kappa shape index (κ3) is 4.65. The van der Waals surface area contributed by atoms with Gasteiger partial charge in [0.2, 0.25) is 0 Å². The summed E-state index contributed by atoms with van der Waals surface area (Å²) in [6.07, 6.45) is 0. The van der Waals surface area contributed by atoms with Crippen LogP contribution in [0.25, 0.3) is 55.0 Å². The molecule has 5 nitrogen and oxygen atoms in total. The van der Waals surface area contributed by atoms with E-state index in [1.165, 1.54) is 21.5 Å². The van der Waals surface area contributed by atoms with Gasteiger partial charge in [-0.05, 0) is 85.3 Å². The summed E-state index contributed by atoms with van der Waals surface area (Å²) in [5.41, 5.74) is 9.52. The lowest BCUT2D eigenvalue weighted by molar-refractivity contribution is 0.592. The van der Waals surface area contributed by atoms with Crippen molar-refractivity contribution >= 4 is 107 Å². The lowest BCUT2D eigenvalue weighted by Gasteiger charge is -2.44. The highest BCUT2D eigenvalue weighted by atomic mass is 31.2. The standard InChI is InChI=1S/C55H37N3O2P2/c1-36-32-53-55-54(33-36)62(60,40-18-6-3-7-19-40)52-35-38(57-47-26-14-10-22-43(47)44-23-11-15-27-48(44)57)29-31-50(52)58(55)49-30-28-37(34-51(49)61(53,59)39-16-4-2-5-17-39)56-45-24-12-8-20-41(45)42-21-9-13-25-46(42)56/h2-35H,1H3. The van der Waals surface area contributed by atoms with E-state index in [1.54, 1.807) is 0 Å². The third-order valence-electron chi connectivity index (χ3n) is 13.1. The highest BCUT2D eigenvalue weighted by molar-refractivity contribution is 7.88. The smallest absolute Gasteiger partial charge is 0.175 e. The van der Waals surface area contributed by atoms with Gasteiger partial charge in [-0.15, -0.1) is 0 Å². The van der Waals surface area contributed by atoms with Crippen molar-refractivity contribution in [3.05, 3.63) is 212 Å². The van der Waals surface area contributed by atoms with Gasteiger partial charge >= 0.3 is 0 Å². The monoisotopic (exact) mass is 833 g/mol. The van der Waals surface area contributed by atoms with E-state index < -0.39 is 14.3 Å². The van der Waals surface area contributed by atoms with Crippen molar-refractivity contribution in [2.45, 2.75) is 6.92 Å². The summed E-state index contributed by atoms with van der Waals surface area (Å²) < 4.78 is 38.4. The van der Waals surface area contributed by atoms with E-state index in [2.05, 4.69) is 160 Å². The predicted molar refractivity (Wildman–Crippen MR) is 260 cm³/mol. The Labute approximate surface area is 358 Å². The van der Waals surface area contributed by atoms with Crippen molar-refractivity contribution in [1.82, 2.24) is 9.13 Å². The predicted octanol–water partition coefficient (Wildman–Crippen LogP) is 11.6. The van der Waals surface area contributed by atoms with Gasteiger partial charge in [0.1, 0.15) is 0 Å². The second kappa shape index (κ2) is 12.9. The number of rotatable bonds is 4. The molecule has 9 aromatic carbocycles. The number of fused-ring (bicyclic) bond motifs is 10. The van der Waals surface area contributed by atoms with Crippen molar-refractivity contribution in [2.24, 2.45) is 0 Å². The number of benzene rings is 9. The first kappa shape index (κ1) is 35.6. The van der Waals surface area contributed by atoms with E-state index in [9.17, 15) is 0 Å². The number of aryl methyl sites for hydroxylation is 1. The van der Waals surface area contributed by atoms with Crippen molar-refractivity contribution in [2.75, 3.05) is 4.90 Å². The molecule has 2 unspecified atom stereocenters. The summed E-state index contributed by atoms with van der Waals surface area (Å²) in [4.78, 5) is 2.26. The molecule has 13 rings (SSSR count). The summed E-state index contributed by atoms with van der Waals surface area (Å²) in [5.74, 6) is 0. The largest absolute Gasteiger partial charge is 0.309 e. The zero-order valence-corrected chi connectivity index (χ0v) is 35.5. The van der Waals surface area contributed by atoms with Crippen LogP contribution >= 0.6 is 14.3 Å². The van der Waals surface area contributed by atoms with Gasteiger partial charge in [0.05, 0.1) is 39.1 Å². The van der Waals surface area contributed by atoms with Crippen molar-refractivity contribution in [1.29, 1.82) is 0 Å². The van der Waals surface area contributed by atoms with Gasteiger partial charge < -0.3 is 23.2 Å². The number of hydrogen-bond donors (Lipinski definition) is 0. The Hall–Kier alpha value is -7.16. The number of anilines is 3. The van der Waals surface area contributed by atoms with Gasteiger partial charge in [-0.3, -0.25) is 0 Å². The van der Waals surface area contributed by atoms with Gasteiger partial charge in [-0.1, -0.05) is 133 Å². The molecule has 62 heavy (non-hydrogen) atoms. The molecule has 0 spiro atoms. The molecule has 2 aromatic heterocycles. The van der Waals surface area contributed by atoms with Crippen molar-refractivity contribution < 1.29 is 9.13 Å². The van der Waals surface area contributed by atoms with E-state index >= 15 is 9.13 Å². The fourth-order valence-corrected chi connectivity index (χ4v) is 16.8. The lowest BCUT2D eigenvalue weighted by atomic mass is 10.1. The molecule has 0 bridgehead atoms. The SMILES string of the molecule is Cc1cc2c3c(c1)P(=O)(c1ccccc1)c1cc(-n4c5ccccc5c5ccccc54)ccc1N3c1ccc(-n3c4ccccc4c4ccccc43)cc1P2(=O)c1ccccc1. The third-order valence-corrected chi connectivity index (χ3v) is 19.3. The number of para-hydroxylation sites is 4. The van der Waals surface area contributed by atoms with E-state index in [4.69, 9.17) is 0 Å². The average molecular weight is 834 g/mol. The minimum absolute atomic E-state index is 0.707. The zero-order chi connectivity index (χ0) is 41.3. The molecule has 2 atom stereocenters. The van der Waals surface area contributed by atoms with Crippen LogP contribution in [0.2, 0.25) is 0 Å². The molecule has 0 radical (unpaired) electrons. The van der Waals surface area contributed by atoms with E-state index in [0.717, 1.165) is 77.3 Å². The molecule has 0 saturated carbocycles.